The predicted molar refractivity (Wildman–Crippen MR) is 78.5 cm³/mol. The molecule has 1 N–H and O–H groups in total. The minimum absolute atomic E-state index is 0.813. The van der Waals surface area contributed by atoms with Crippen molar-refractivity contribution in [2.24, 2.45) is 0 Å². The minimum Gasteiger partial charge on any atom is -0.496 e. The molecular formula is C16H20N2O. The van der Waals surface area contributed by atoms with E-state index in [-0.39, 0.29) is 0 Å². The van der Waals surface area contributed by atoms with E-state index in [0.29, 0.717) is 0 Å². The van der Waals surface area contributed by atoms with Crippen LogP contribution in [-0.4, -0.2) is 19.1 Å². The van der Waals surface area contributed by atoms with Gasteiger partial charge >= 0.3 is 0 Å². The Morgan fingerprint density at radius 2 is 2.00 bits per heavy atom. The Bertz CT molecular complexity index is 579. The van der Waals surface area contributed by atoms with Gasteiger partial charge in [0.25, 0.3) is 0 Å². The molecule has 0 aliphatic heterocycles. The van der Waals surface area contributed by atoms with Crippen LogP contribution in [0.3, 0.4) is 0 Å². The van der Waals surface area contributed by atoms with Gasteiger partial charge < -0.3 is 10.1 Å². The third-order valence-electron chi connectivity index (χ3n) is 3.37. The van der Waals surface area contributed by atoms with Gasteiger partial charge in [-0.25, -0.2) is 0 Å². The van der Waals surface area contributed by atoms with E-state index in [1.807, 2.05) is 19.4 Å². The molecule has 0 unspecified atom stereocenters. The fourth-order valence-electron chi connectivity index (χ4n) is 2.22. The Hall–Kier alpha value is -1.87. The van der Waals surface area contributed by atoms with Crippen LogP contribution >= 0.6 is 0 Å². The SMILES string of the molecule is CNCc1cncc(-c2ccc(C)c(C)c2OC)c1. The Labute approximate surface area is 114 Å². The maximum Gasteiger partial charge on any atom is 0.129 e. The number of rotatable bonds is 4. The second-order valence-corrected chi connectivity index (χ2v) is 4.70. The number of nitrogens with one attached hydrogen (secondary N) is 1. The number of ether oxygens (including phenoxy) is 1. The Kier molecular flexibility index (Phi) is 4.17. The molecule has 19 heavy (non-hydrogen) atoms. The molecule has 0 spiro atoms. The number of pyridine rings is 1. The molecule has 0 saturated heterocycles. The normalized spacial score (nSPS) is 10.5. The molecule has 0 saturated carbocycles. The summed E-state index contributed by atoms with van der Waals surface area (Å²) in [6.07, 6.45) is 3.76. The van der Waals surface area contributed by atoms with Gasteiger partial charge in [0.05, 0.1) is 7.11 Å². The topological polar surface area (TPSA) is 34.2 Å². The quantitative estimate of drug-likeness (QED) is 0.912. The fraction of sp³-hybridized carbons (Fsp3) is 0.312. The van der Waals surface area contributed by atoms with Crippen LogP contribution in [0.1, 0.15) is 16.7 Å². The van der Waals surface area contributed by atoms with E-state index in [2.05, 4.69) is 42.3 Å². The summed E-state index contributed by atoms with van der Waals surface area (Å²) < 4.78 is 5.57. The predicted octanol–water partition coefficient (Wildman–Crippen LogP) is 3.09. The molecule has 2 aromatic rings. The van der Waals surface area contributed by atoms with E-state index >= 15 is 0 Å². The number of methoxy groups -OCH3 is 1. The first-order valence-corrected chi connectivity index (χ1v) is 6.40. The van der Waals surface area contributed by atoms with Crippen molar-refractivity contribution in [2.75, 3.05) is 14.2 Å². The van der Waals surface area contributed by atoms with Gasteiger partial charge in [-0.05, 0) is 43.7 Å². The molecule has 3 nitrogen and oxygen atoms in total. The molecule has 0 bridgehead atoms. The summed E-state index contributed by atoms with van der Waals surface area (Å²) in [7, 11) is 3.65. The molecular weight excluding hydrogens is 236 g/mol. The van der Waals surface area contributed by atoms with E-state index in [0.717, 1.165) is 23.4 Å². The molecule has 1 aromatic heterocycles. The number of aromatic nitrogens is 1. The zero-order valence-electron chi connectivity index (χ0n) is 11.9. The van der Waals surface area contributed by atoms with E-state index in [4.69, 9.17) is 4.74 Å². The van der Waals surface area contributed by atoms with Crippen molar-refractivity contribution in [3.05, 3.63) is 47.3 Å². The molecule has 3 heteroatoms. The zero-order chi connectivity index (χ0) is 13.8. The first kappa shape index (κ1) is 13.6. The van der Waals surface area contributed by atoms with Crippen LogP contribution in [0.2, 0.25) is 0 Å². The highest BCUT2D eigenvalue weighted by atomic mass is 16.5. The summed E-state index contributed by atoms with van der Waals surface area (Å²) in [5, 5.41) is 3.14. The molecule has 0 fully saturated rings. The zero-order valence-corrected chi connectivity index (χ0v) is 11.9. The largest absolute Gasteiger partial charge is 0.496 e. The Morgan fingerprint density at radius 1 is 1.21 bits per heavy atom. The number of hydrogen-bond donors (Lipinski definition) is 1. The summed E-state index contributed by atoms with van der Waals surface area (Å²) in [4.78, 5) is 4.31. The highest BCUT2D eigenvalue weighted by Gasteiger charge is 2.11. The Balaban J connectivity index is 2.52. The summed E-state index contributed by atoms with van der Waals surface area (Å²) >= 11 is 0. The maximum absolute atomic E-state index is 5.57. The van der Waals surface area contributed by atoms with Crippen molar-refractivity contribution in [2.45, 2.75) is 20.4 Å². The summed E-state index contributed by atoms with van der Waals surface area (Å²) in [5.74, 6) is 0.934. The van der Waals surface area contributed by atoms with Crippen LogP contribution in [0.15, 0.2) is 30.6 Å². The van der Waals surface area contributed by atoms with Crippen molar-refractivity contribution in [1.82, 2.24) is 10.3 Å². The van der Waals surface area contributed by atoms with Crippen molar-refractivity contribution < 1.29 is 4.74 Å². The second-order valence-electron chi connectivity index (χ2n) is 4.70. The van der Waals surface area contributed by atoms with Crippen molar-refractivity contribution >= 4 is 0 Å². The van der Waals surface area contributed by atoms with Crippen molar-refractivity contribution in [3.63, 3.8) is 0 Å². The van der Waals surface area contributed by atoms with Gasteiger partial charge in [0.15, 0.2) is 0 Å². The molecule has 0 radical (unpaired) electrons. The van der Waals surface area contributed by atoms with Gasteiger partial charge in [0.2, 0.25) is 0 Å². The lowest BCUT2D eigenvalue weighted by atomic mass is 9.99. The molecule has 1 heterocycles. The number of aryl methyl sites for hydroxylation is 1. The molecule has 0 amide bonds. The number of hydrogen-bond acceptors (Lipinski definition) is 3. The first-order valence-electron chi connectivity index (χ1n) is 6.40. The lowest BCUT2D eigenvalue weighted by Gasteiger charge is -2.14. The monoisotopic (exact) mass is 256 g/mol. The standard InChI is InChI=1S/C16H20N2O/c1-11-5-6-15(16(19-4)12(11)2)14-7-13(8-17-3)9-18-10-14/h5-7,9-10,17H,8H2,1-4H3. The van der Waals surface area contributed by atoms with Crippen LogP contribution in [0.25, 0.3) is 11.1 Å². The van der Waals surface area contributed by atoms with Gasteiger partial charge in [-0.15, -0.1) is 0 Å². The number of benzene rings is 1. The molecule has 2 rings (SSSR count). The third-order valence-corrected chi connectivity index (χ3v) is 3.37. The maximum atomic E-state index is 5.57. The molecule has 100 valence electrons. The average Bonchev–Trinajstić information content (AvgIpc) is 2.42. The molecule has 1 aromatic carbocycles. The van der Waals surface area contributed by atoms with Crippen LogP contribution in [0.4, 0.5) is 0 Å². The van der Waals surface area contributed by atoms with Gasteiger partial charge in [-0.2, -0.15) is 0 Å². The third kappa shape index (κ3) is 2.76. The fourth-order valence-corrected chi connectivity index (χ4v) is 2.22. The molecule has 0 aliphatic carbocycles. The van der Waals surface area contributed by atoms with Crippen LogP contribution in [0, 0.1) is 13.8 Å². The number of nitrogens with zero attached hydrogens (tertiary/aromatic N) is 1. The highest BCUT2D eigenvalue weighted by Crippen LogP contribution is 2.34. The van der Waals surface area contributed by atoms with Crippen molar-refractivity contribution in [1.29, 1.82) is 0 Å². The van der Waals surface area contributed by atoms with Crippen LogP contribution in [0.5, 0.6) is 5.75 Å². The average molecular weight is 256 g/mol. The van der Waals surface area contributed by atoms with Gasteiger partial charge in [0, 0.05) is 30.1 Å². The van der Waals surface area contributed by atoms with E-state index in [1.165, 1.54) is 16.7 Å². The first-order chi connectivity index (χ1) is 9.17. The van der Waals surface area contributed by atoms with Crippen LogP contribution < -0.4 is 10.1 Å². The smallest absolute Gasteiger partial charge is 0.129 e. The van der Waals surface area contributed by atoms with E-state index < -0.39 is 0 Å². The highest BCUT2D eigenvalue weighted by molar-refractivity contribution is 5.72. The second kappa shape index (κ2) is 5.85. The van der Waals surface area contributed by atoms with E-state index in [9.17, 15) is 0 Å². The summed E-state index contributed by atoms with van der Waals surface area (Å²) in [6, 6.07) is 6.37. The van der Waals surface area contributed by atoms with Crippen molar-refractivity contribution in [3.8, 4) is 16.9 Å². The summed E-state index contributed by atoms with van der Waals surface area (Å²) in [5.41, 5.74) is 5.77. The lowest BCUT2D eigenvalue weighted by molar-refractivity contribution is 0.413. The Morgan fingerprint density at radius 3 is 2.68 bits per heavy atom. The molecule has 0 atom stereocenters. The minimum atomic E-state index is 0.813. The van der Waals surface area contributed by atoms with E-state index in [1.54, 1.807) is 7.11 Å². The van der Waals surface area contributed by atoms with Crippen LogP contribution in [-0.2, 0) is 6.54 Å². The van der Waals surface area contributed by atoms with Gasteiger partial charge in [0.1, 0.15) is 5.75 Å². The lowest BCUT2D eigenvalue weighted by Crippen LogP contribution is -2.05. The van der Waals surface area contributed by atoms with Gasteiger partial charge in [-0.1, -0.05) is 12.1 Å². The summed E-state index contributed by atoms with van der Waals surface area (Å²) in [6.45, 7) is 4.99. The molecule has 0 aliphatic rings. The van der Waals surface area contributed by atoms with Gasteiger partial charge in [-0.3, -0.25) is 4.98 Å².